The fraction of sp³-hybridized carbons (Fsp3) is 0.294. The first-order valence-electron chi connectivity index (χ1n) is 7.90. The van der Waals surface area contributed by atoms with Crippen LogP contribution in [0.2, 0.25) is 10.0 Å². The maximum atomic E-state index is 12.8. The van der Waals surface area contributed by atoms with Gasteiger partial charge in [-0.3, -0.25) is 9.59 Å². The van der Waals surface area contributed by atoms with Crippen molar-refractivity contribution in [3.05, 3.63) is 55.5 Å². The number of nitrogens with one attached hydrogen (secondary N) is 1. The number of anilines is 1. The van der Waals surface area contributed by atoms with Gasteiger partial charge in [-0.25, -0.2) is 4.98 Å². The molecule has 2 aromatic heterocycles. The molecular weight excluding hydrogens is 377 g/mol. The van der Waals surface area contributed by atoms with Crippen molar-refractivity contribution in [2.24, 2.45) is 0 Å². The van der Waals surface area contributed by atoms with E-state index in [0.29, 0.717) is 53.3 Å². The highest BCUT2D eigenvalue weighted by molar-refractivity contribution is 6.36. The first-order valence-corrected chi connectivity index (χ1v) is 8.65. The molecule has 1 aliphatic rings. The summed E-state index contributed by atoms with van der Waals surface area (Å²) in [5.74, 6) is 0.417. The molecular formula is C17H15Cl2N5O2. The number of aromatic nitrogens is 2. The third kappa shape index (κ3) is 3.52. The second-order valence-corrected chi connectivity index (χ2v) is 6.74. The van der Waals surface area contributed by atoms with Crippen LogP contribution in [0.15, 0.2) is 23.1 Å². The van der Waals surface area contributed by atoms with Crippen molar-refractivity contribution >= 4 is 34.9 Å². The van der Waals surface area contributed by atoms with E-state index in [-0.39, 0.29) is 11.5 Å². The van der Waals surface area contributed by atoms with Crippen LogP contribution in [0, 0.1) is 18.3 Å². The zero-order chi connectivity index (χ0) is 18.8. The summed E-state index contributed by atoms with van der Waals surface area (Å²) < 4.78 is 0. The number of aromatic amines is 1. The predicted octanol–water partition coefficient (Wildman–Crippen LogP) is 2.22. The topological polar surface area (TPSA) is 93.1 Å². The quantitative estimate of drug-likeness (QED) is 0.846. The van der Waals surface area contributed by atoms with Crippen LogP contribution in [0.5, 0.6) is 0 Å². The number of rotatable bonds is 2. The lowest BCUT2D eigenvalue weighted by Crippen LogP contribution is -2.49. The largest absolute Gasteiger partial charge is 0.352 e. The first kappa shape index (κ1) is 18.2. The van der Waals surface area contributed by atoms with E-state index in [1.807, 2.05) is 4.90 Å². The van der Waals surface area contributed by atoms with E-state index in [2.05, 4.69) is 9.97 Å². The molecule has 2 aromatic rings. The summed E-state index contributed by atoms with van der Waals surface area (Å²) in [7, 11) is 0. The van der Waals surface area contributed by atoms with Gasteiger partial charge in [-0.15, -0.1) is 0 Å². The molecule has 1 amide bonds. The Balaban J connectivity index is 1.75. The number of halogens is 2. The number of amides is 1. The molecule has 3 rings (SSSR count). The van der Waals surface area contributed by atoms with Crippen molar-refractivity contribution in [1.29, 1.82) is 5.26 Å². The molecule has 0 spiro atoms. The van der Waals surface area contributed by atoms with Crippen LogP contribution in [0.25, 0.3) is 0 Å². The minimum Gasteiger partial charge on any atom is -0.352 e. The first-order chi connectivity index (χ1) is 12.4. The maximum absolute atomic E-state index is 12.8. The Kier molecular flexibility index (Phi) is 5.16. The lowest BCUT2D eigenvalue weighted by Gasteiger charge is -2.36. The van der Waals surface area contributed by atoms with Crippen molar-refractivity contribution in [3.8, 4) is 6.07 Å². The highest BCUT2D eigenvalue weighted by Gasteiger charge is 2.25. The van der Waals surface area contributed by atoms with Gasteiger partial charge in [0.2, 0.25) is 0 Å². The van der Waals surface area contributed by atoms with Crippen LogP contribution < -0.4 is 10.5 Å². The van der Waals surface area contributed by atoms with E-state index in [1.54, 1.807) is 24.0 Å². The molecule has 0 bridgehead atoms. The Labute approximate surface area is 159 Å². The number of piperazine rings is 1. The fourth-order valence-electron chi connectivity index (χ4n) is 2.86. The number of hydrogen-bond acceptors (Lipinski definition) is 5. The number of nitriles is 1. The number of aryl methyl sites for hydroxylation is 1. The van der Waals surface area contributed by atoms with Gasteiger partial charge in [-0.2, -0.15) is 5.26 Å². The molecule has 0 aromatic carbocycles. The third-order valence-corrected chi connectivity index (χ3v) is 4.73. The molecule has 7 nitrogen and oxygen atoms in total. The summed E-state index contributed by atoms with van der Waals surface area (Å²) in [6, 6.07) is 4.79. The monoisotopic (exact) mass is 391 g/mol. The molecule has 0 radical (unpaired) electrons. The molecule has 0 unspecified atom stereocenters. The lowest BCUT2D eigenvalue weighted by molar-refractivity contribution is 0.0745. The summed E-state index contributed by atoms with van der Waals surface area (Å²) in [5, 5.41) is 9.93. The molecule has 1 fully saturated rings. The second kappa shape index (κ2) is 7.36. The number of pyridine rings is 2. The van der Waals surface area contributed by atoms with Crippen LogP contribution in [0.1, 0.15) is 21.6 Å². The maximum Gasteiger partial charge on any atom is 0.266 e. The van der Waals surface area contributed by atoms with Crippen molar-refractivity contribution in [2.75, 3.05) is 31.1 Å². The van der Waals surface area contributed by atoms with Gasteiger partial charge in [0, 0.05) is 38.1 Å². The van der Waals surface area contributed by atoms with E-state index < -0.39 is 5.56 Å². The summed E-state index contributed by atoms with van der Waals surface area (Å²) in [6.45, 7) is 3.71. The minimum absolute atomic E-state index is 0.0743. The Hall–Kier alpha value is -2.56. The molecule has 26 heavy (non-hydrogen) atoms. The van der Waals surface area contributed by atoms with Crippen molar-refractivity contribution in [1.82, 2.24) is 14.9 Å². The minimum atomic E-state index is -0.491. The number of nitrogens with zero attached hydrogens (tertiary/aromatic N) is 4. The van der Waals surface area contributed by atoms with Crippen molar-refractivity contribution in [2.45, 2.75) is 6.92 Å². The Morgan fingerprint density at radius 3 is 2.58 bits per heavy atom. The summed E-state index contributed by atoms with van der Waals surface area (Å²) in [5.41, 5.74) is 0.214. The summed E-state index contributed by atoms with van der Waals surface area (Å²) >= 11 is 12.1. The van der Waals surface area contributed by atoms with Gasteiger partial charge in [0.1, 0.15) is 17.5 Å². The molecule has 3 heterocycles. The lowest BCUT2D eigenvalue weighted by atomic mass is 10.1. The zero-order valence-electron chi connectivity index (χ0n) is 13.9. The number of carbonyl (C=O) groups excluding carboxylic acids is 1. The van der Waals surface area contributed by atoms with Crippen LogP contribution in [0.3, 0.4) is 0 Å². The molecule has 0 aliphatic carbocycles. The van der Waals surface area contributed by atoms with Gasteiger partial charge in [-0.05, 0) is 19.1 Å². The molecule has 0 atom stereocenters. The van der Waals surface area contributed by atoms with Crippen LogP contribution in [-0.2, 0) is 0 Å². The van der Waals surface area contributed by atoms with Crippen molar-refractivity contribution < 1.29 is 4.79 Å². The van der Waals surface area contributed by atoms with Crippen LogP contribution in [0.4, 0.5) is 5.82 Å². The standard InChI is InChI=1S/C17H15Cl2N5O2/c1-10-13(6-11(8-20)16(25)22-10)17(26)24-4-2-23(3-5-24)15-14(19)7-12(18)9-21-15/h6-7,9H,2-5H2,1H3,(H,22,25). The van der Waals surface area contributed by atoms with E-state index in [9.17, 15) is 9.59 Å². The smallest absolute Gasteiger partial charge is 0.266 e. The molecule has 1 N–H and O–H groups in total. The molecule has 1 saturated heterocycles. The van der Waals surface area contributed by atoms with Crippen molar-refractivity contribution in [3.63, 3.8) is 0 Å². The number of hydrogen-bond donors (Lipinski definition) is 1. The normalized spacial score (nSPS) is 14.2. The SMILES string of the molecule is Cc1[nH]c(=O)c(C#N)cc1C(=O)N1CCN(c2ncc(Cl)cc2Cl)CC1. The highest BCUT2D eigenvalue weighted by atomic mass is 35.5. The average molecular weight is 392 g/mol. The van der Waals surface area contributed by atoms with Gasteiger partial charge < -0.3 is 14.8 Å². The molecule has 0 saturated carbocycles. The third-order valence-electron chi connectivity index (χ3n) is 4.24. The van der Waals surface area contributed by atoms with Crippen LogP contribution >= 0.6 is 23.2 Å². The summed E-state index contributed by atoms with van der Waals surface area (Å²) in [4.78, 5) is 34.9. The van der Waals surface area contributed by atoms with E-state index >= 15 is 0 Å². The molecule has 9 heteroatoms. The average Bonchev–Trinajstić information content (AvgIpc) is 2.62. The van der Waals surface area contributed by atoms with E-state index in [1.165, 1.54) is 12.3 Å². The Morgan fingerprint density at radius 2 is 1.96 bits per heavy atom. The molecule has 1 aliphatic heterocycles. The van der Waals surface area contributed by atoms with Gasteiger partial charge in [-0.1, -0.05) is 23.2 Å². The fourth-order valence-corrected chi connectivity index (χ4v) is 3.36. The van der Waals surface area contributed by atoms with Gasteiger partial charge >= 0.3 is 0 Å². The Morgan fingerprint density at radius 1 is 1.27 bits per heavy atom. The summed E-state index contributed by atoms with van der Waals surface area (Å²) in [6.07, 6.45) is 1.54. The van der Waals surface area contributed by atoms with E-state index in [4.69, 9.17) is 28.5 Å². The Bertz CT molecular complexity index is 959. The molecule has 134 valence electrons. The van der Waals surface area contributed by atoms with Gasteiger partial charge in [0.05, 0.1) is 15.6 Å². The number of H-pyrrole nitrogens is 1. The zero-order valence-corrected chi connectivity index (χ0v) is 15.4. The van der Waals surface area contributed by atoms with E-state index in [0.717, 1.165) is 0 Å². The highest BCUT2D eigenvalue weighted by Crippen LogP contribution is 2.27. The van der Waals surface area contributed by atoms with Gasteiger partial charge in [0.15, 0.2) is 0 Å². The number of carbonyl (C=O) groups is 1. The predicted molar refractivity (Wildman–Crippen MR) is 98.9 cm³/mol. The van der Waals surface area contributed by atoms with Crippen LogP contribution in [-0.4, -0.2) is 47.0 Å². The van der Waals surface area contributed by atoms with Gasteiger partial charge in [0.25, 0.3) is 11.5 Å². The second-order valence-electron chi connectivity index (χ2n) is 5.90.